The molecule has 0 atom stereocenters. The van der Waals surface area contributed by atoms with Crippen molar-refractivity contribution in [3.05, 3.63) is 29.3 Å². The highest BCUT2D eigenvalue weighted by Gasteiger charge is 2.17. The number of aliphatic carboxylic acids is 1. The maximum absolute atomic E-state index is 12.0. The number of methoxy groups -OCH3 is 1. The van der Waals surface area contributed by atoms with Crippen LogP contribution in [0.2, 0.25) is 0 Å². The molecule has 0 saturated carbocycles. The van der Waals surface area contributed by atoms with Crippen molar-refractivity contribution in [1.82, 2.24) is 4.90 Å². The third-order valence-electron chi connectivity index (χ3n) is 3.08. The quantitative estimate of drug-likeness (QED) is 0.781. The van der Waals surface area contributed by atoms with E-state index in [-0.39, 0.29) is 32.2 Å². The van der Waals surface area contributed by atoms with Crippen LogP contribution in [0, 0.1) is 13.8 Å². The van der Waals surface area contributed by atoms with Crippen LogP contribution in [0.5, 0.6) is 5.75 Å². The van der Waals surface area contributed by atoms with Crippen molar-refractivity contribution >= 4 is 11.9 Å². The Bertz CT molecular complexity index is 501. The topological polar surface area (TPSA) is 76.1 Å². The normalized spacial score (nSPS) is 10.2. The molecule has 1 aromatic carbocycles. The number of nitrogens with zero attached hydrogens (tertiary/aromatic N) is 1. The molecule has 6 heteroatoms. The number of aryl methyl sites for hydroxylation is 2. The molecule has 0 fully saturated rings. The van der Waals surface area contributed by atoms with E-state index < -0.39 is 5.97 Å². The first kappa shape index (κ1) is 17.0. The molecule has 0 aliphatic carbocycles. The second kappa shape index (κ2) is 8.26. The van der Waals surface area contributed by atoms with Gasteiger partial charge in [-0.1, -0.05) is 6.07 Å². The van der Waals surface area contributed by atoms with Gasteiger partial charge in [0.1, 0.15) is 12.3 Å². The molecule has 0 aliphatic heterocycles. The van der Waals surface area contributed by atoms with Crippen LogP contribution in [-0.2, 0) is 14.3 Å². The summed E-state index contributed by atoms with van der Waals surface area (Å²) in [5, 5.41) is 8.81. The zero-order valence-electron chi connectivity index (χ0n) is 12.6. The molecule has 0 aliphatic rings. The number of carboxylic acids is 1. The summed E-state index contributed by atoms with van der Waals surface area (Å²) in [6.07, 6.45) is 0. The number of carbonyl (C=O) groups is 2. The lowest BCUT2D eigenvalue weighted by molar-refractivity contribution is -0.145. The molecule has 1 amide bonds. The molecule has 0 saturated heterocycles. The molecule has 0 bridgehead atoms. The first-order chi connectivity index (χ1) is 9.93. The van der Waals surface area contributed by atoms with Crippen molar-refractivity contribution in [2.45, 2.75) is 13.8 Å². The SMILES string of the molecule is COCCN(CC(=O)O)C(=O)COc1ccc(C)c(C)c1. The Morgan fingerprint density at radius 3 is 2.52 bits per heavy atom. The lowest BCUT2D eigenvalue weighted by Crippen LogP contribution is -2.40. The minimum absolute atomic E-state index is 0.195. The summed E-state index contributed by atoms with van der Waals surface area (Å²) in [6, 6.07) is 5.54. The average Bonchev–Trinajstić information content (AvgIpc) is 2.44. The molecular weight excluding hydrogens is 274 g/mol. The highest BCUT2D eigenvalue weighted by molar-refractivity contribution is 5.82. The Labute approximate surface area is 124 Å². The van der Waals surface area contributed by atoms with Gasteiger partial charge in [0.25, 0.3) is 5.91 Å². The van der Waals surface area contributed by atoms with Crippen molar-refractivity contribution in [2.24, 2.45) is 0 Å². The molecule has 0 heterocycles. The number of ether oxygens (including phenoxy) is 2. The monoisotopic (exact) mass is 295 g/mol. The number of amides is 1. The van der Waals surface area contributed by atoms with Gasteiger partial charge in [-0.15, -0.1) is 0 Å². The third-order valence-corrected chi connectivity index (χ3v) is 3.08. The summed E-state index contributed by atoms with van der Waals surface area (Å²) < 4.78 is 10.3. The lowest BCUT2D eigenvalue weighted by atomic mass is 10.1. The minimum Gasteiger partial charge on any atom is -0.484 e. The van der Waals surface area contributed by atoms with Gasteiger partial charge >= 0.3 is 5.97 Å². The van der Waals surface area contributed by atoms with Crippen LogP contribution < -0.4 is 4.74 Å². The number of carboxylic acid groups (broad SMARTS) is 1. The van der Waals surface area contributed by atoms with Gasteiger partial charge in [0, 0.05) is 13.7 Å². The zero-order valence-corrected chi connectivity index (χ0v) is 12.6. The summed E-state index contributed by atoms with van der Waals surface area (Å²) in [7, 11) is 1.50. The predicted molar refractivity (Wildman–Crippen MR) is 77.5 cm³/mol. The Hall–Kier alpha value is -2.08. The van der Waals surface area contributed by atoms with Crippen molar-refractivity contribution in [2.75, 3.05) is 33.4 Å². The van der Waals surface area contributed by atoms with Crippen molar-refractivity contribution in [1.29, 1.82) is 0 Å². The van der Waals surface area contributed by atoms with Crippen LogP contribution in [0.15, 0.2) is 18.2 Å². The van der Waals surface area contributed by atoms with E-state index in [1.807, 2.05) is 26.0 Å². The summed E-state index contributed by atoms with van der Waals surface area (Å²) in [6.45, 7) is 3.89. The van der Waals surface area contributed by atoms with Gasteiger partial charge in [-0.25, -0.2) is 0 Å². The number of benzene rings is 1. The fraction of sp³-hybridized carbons (Fsp3) is 0.467. The number of carbonyl (C=O) groups excluding carboxylic acids is 1. The fourth-order valence-electron chi connectivity index (χ4n) is 1.70. The van der Waals surface area contributed by atoms with E-state index >= 15 is 0 Å². The first-order valence-corrected chi connectivity index (χ1v) is 6.62. The maximum atomic E-state index is 12.0. The van der Waals surface area contributed by atoms with E-state index in [9.17, 15) is 9.59 Å². The predicted octanol–water partition coefficient (Wildman–Crippen LogP) is 1.24. The molecule has 1 aromatic rings. The summed E-state index contributed by atoms with van der Waals surface area (Å²) in [4.78, 5) is 24.0. The van der Waals surface area contributed by atoms with E-state index in [4.69, 9.17) is 14.6 Å². The highest BCUT2D eigenvalue weighted by Crippen LogP contribution is 2.16. The molecule has 6 nitrogen and oxygen atoms in total. The number of rotatable bonds is 8. The van der Waals surface area contributed by atoms with Gasteiger partial charge in [0.2, 0.25) is 0 Å². The average molecular weight is 295 g/mol. The largest absolute Gasteiger partial charge is 0.484 e. The maximum Gasteiger partial charge on any atom is 0.323 e. The van der Waals surface area contributed by atoms with Crippen LogP contribution in [0.4, 0.5) is 0 Å². The molecular formula is C15H21NO5. The Balaban J connectivity index is 2.59. The standard InChI is InChI=1S/C15H21NO5/c1-11-4-5-13(8-12(11)2)21-10-14(17)16(6-7-20-3)9-15(18)19/h4-5,8H,6-7,9-10H2,1-3H3,(H,18,19). The molecule has 0 aromatic heterocycles. The van der Waals surface area contributed by atoms with Crippen LogP contribution >= 0.6 is 0 Å². The van der Waals surface area contributed by atoms with E-state index in [2.05, 4.69) is 0 Å². The Kier molecular flexibility index (Phi) is 6.68. The number of hydrogen-bond donors (Lipinski definition) is 1. The summed E-state index contributed by atoms with van der Waals surface area (Å²) in [5.74, 6) is -0.855. The minimum atomic E-state index is -1.06. The molecule has 1 rings (SSSR count). The lowest BCUT2D eigenvalue weighted by Gasteiger charge is -2.20. The molecule has 0 spiro atoms. The molecule has 0 radical (unpaired) electrons. The van der Waals surface area contributed by atoms with Crippen molar-refractivity contribution in [3.63, 3.8) is 0 Å². The van der Waals surface area contributed by atoms with Gasteiger partial charge in [-0.2, -0.15) is 0 Å². The Morgan fingerprint density at radius 1 is 1.24 bits per heavy atom. The third kappa shape index (κ3) is 5.83. The highest BCUT2D eigenvalue weighted by atomic mass is 16.5. The van der Waals surface area contributed by atoms with Gasteiger partial charge in [-0.3, -0.25) is 9.59 Å². The fourth-order valence-corrected chi connectivity index (χ4v) is 1.70. The zero-order chi connectivity index (χ0) is 15.8. The van der Waals surface area contributed by atoms with Crippen LogP contribution in [0.25, 0.3) is 0 Å². The molecule has 21 heavy (non-hydrogen) atoms. The van der Waals surface area contributed by atoms with Crippen LogP contribution in [-0.4, -0.2) is 55.3 Å². The molecule has 116 valence electrons. The molecule has 0 unspecified atom stereocenters. The summed E-state index contributed by atoms with van der Waals surface area (Å²) >= 11 is 0. The van der Waals surface area contributed by atoms with E-state index in [0.29, 0.717) is 5.75 Å². The summed E-state index contributed by atoms with van der Waals surface area (Å²) in [5.41, 5.74) is 2.21. The number of hydrogen-bond acceptors (Lipinski definition) is 4. The van der Waals surface area contributed by atoms with Gasteiger partial charge in [0.05, 0.1) is 6.61 Å². The van der Waals surface area contributed by atoms with Gasteiger partial charge in [0.15, 0.2) is 6.61 Å². The van der Waals surface area contributed by atoms with Crippen LogP contribution in [0.3, 0.4) is 0 Å². The first-order valence-electron chi connectivity index (χ1n) is 6.62. The van der Waals surface area contributed by atoms with E-state index in [1.165, 1.54) is 12.0 Å². The Morgan fingerprint density at radius 2 is 1.95 bits per heavy atom. The second-order valence-corrected chi connectivity index (χ2v) is 4.74. The van der Waals surface area contributed by atoms with E-state index in [0.717, 1.165) is 11.1 Å². The van der Waals surface area contributed by atoms with Gasteiger partial charge in [-0.05, 0) is 37.1 Å². The van der Waals surface area contributed by atoms with E-state index in [1.54, 1.807) is 6.07 Å². The smallest absolute Gasteiger partial charge is 0.323 e. The second-order valence-electron chi connectivity index (χ2n) is 4.74. The molecule has 1 N–H and O–H groups in total. The van der Waals surface area contributed by atoms with Crippen molar-refractivity contribution < 1.29 is 24.2 Å². The van der Waals surface area contributed by atoms with Gasteiger partial charge < -0.3 is 19.5 Å². The van der Waals surface area contributed by atoms with Crippen molar-refractivity contribution in [3.8, 4) is 5.75 Å². The van der Waals surface area contributed by atoms with Crippen LogP contribution in [0.1, 0.15) is 11.1 Å².